The van der Waals surface area contributed by atoms with E-state index in [1.165, 1.54) is 22.5 Å². The van der Waals surface area contributed by atoms with E-state index in [-0.39, 0.29) is 21.4 Å². The van der Waals surface area contributed by atoms with Gasteiger partial charge >= 0.3 is 0 Å². The fourth-order valence-electron chi connectivity index (χ4n) is 3.19. The lowest BCUT2D eigenvalue weighted by Gasteiger charge is -2.18. The molecule has 0 bridgehead atoms. The molecule has 0 spiro atoms. The molecule has 0 aliphatic carbocycles. The molecule has 1 saturated heterocycles. The summed E-state index contributed by atoms with van der Waals surface area (Å²) in [5.74, 6) is 0.109. The van der Waals surface area contributed by atoms with Gasteiger partial charge in [-0.3, -0.25) is 4.79 Å². The van der Waals surface area contributed by atoms with E-state index >= 15 is 0 Å². The van der Waals surface area contributed by atoms with Crippen molar-refractivity contribution in [1.29, 1.82) is 0 Å². The predicted octanol–water partition coefficient (Wildman–Crippen LogP) is 4.07. The summed E-state index contributed by atoms with van der Waals surface area (Å²) in [6.07, 6.45) is 6.08. The minimum atomic E-state index is -3.56. The third-order valence-electron chi connectivity index (χ3n) is 4.98. The number of nitrogens with zero attached hydrogens (tertiary/aromatic N) is 1. The molecule has 1 N–H and O–H groups in total. The highest BCUT2D eigenvalue weighted by atomic mass is 35.5. The number of hydrogen-bond acceptors (Lipinski definition) is 3. The van der Waals surface area contributed by atoms with Crippen molar-refractivity contribution in [2.45, 2.75) is 57.3 Å². The van der Waals surface area contributed by atoms with E-state index in [4.69, 9.17) is 11.6 Å². The monoisotopic (exact) mass is 400 g/mol. The Hall–Kier alpha value is -1.11. The molecule has 1 aromatic carbocycles. The van der Waals surface area contributed by atoms with Gasteiger partial charge in [0.2, 0.25) is 10.0 Å². The minimum Gasteiger partial charge on any atom is -0.352 e. The summed E-state index contributed by atoms with van der Waals surface area (Å²) in [6, 6.07) is 4.37. The van der Waals surface area contributed by atoms with Crippen LogP contribution in [0.5, 0.6) is 0 Å². The molecule has 1 fully saturated rings. The summed E-state index contributed by atoms with van der Waals surface area (Å²) in [7, 11) is -3.56. The van der Waals surface area contributed by atoms with Crippen LogP contribution >= 0.6 is 11.6 Å². The van der Waals surface area contributed by atoms with Gasteiger partial charge in [-0.1, -0.05) is 44.7 Å². The number of unbranched alkanes of at least 4 members (excludes halogenated alkanes) is 1. The molecule has 5 nitrogen and oxygen atoms in total. The van der Waals surface area contributed by atoms with E-state index in [1.807, 2.05) is 0 Å². The fourth-order valence-corrected chi connectivity index (χ4v) is 4.94. The van der Waals surface area contributed by atoms with Crippen molar-refractivity contribution in [2.24, 2.45) is 5.92 Å². The van der Waals surface area contributed by atoms with E-state index in [9.17, 15) is 13.2 Å². The quantitative estimate of drug-likeness (QED) is 0.679. The molecule has 1 heterocycles. The molecule has 1 atom stereocenters. The molecule has 1 aliphatic rings. The van der Waals surface area contributed by atoms with Gasteiger partial charge in [0, 0.05) is 19.6 Å². The number of benzene rings is 1. The van der Waals surface area contributed by atoms with E-state index in [0.29, 0.717) is 25.6 Å². The van der Waals surface area contributed by atoms with Crippen molar-refractivity contribution in [1.82, 2.24) is 9.62 Å². The smallest absolute Gasteiger partial charge is 0.252 e. The average molecular weight is 401 g/mol. The van der Waals surface area contributed by atoms with Crippen molar-refractivity contribution >= 4 is 27.5 Å². The Morgan fingerprint density at radius 3 is 2.58 bits per heavy atom. The minimum absolute atomic E-state index is 0.131. The lowest BCUT2D eigenvalue weighted by Crippen LogP contribution is -2.30. The molecule has 1 unspecified atom stereocenters. The van der Waals surface area contributed by atoms with Crippen molar-refractivity contribution in [2.75, 3.05) is 19.6 Å². The van der Waals surface area contributed by atoms with E-state index < -0.39 is 10.0 Å². The van der Waals surface area contributed by atoms with Crippen molar-refractivity contribution in [3.8, 4) is 0 Å². The molecule has 0 radical (unpaired) electrons. The first-order valence-electron chi connectivity index (χ1n) is 9.48. The predicted molar refractivity (Wildman–Crippen MR) is 105 cm³/mol. The normalized spacial score (nSPS) is 16.6. The summed E-state index contributed by atoms with van der Waals surface area (Å²) in [5.41, 5.74) is 0.220. The SMILES string of the molecule is CCCCC(CC)CNC(=O)c1cc(S(=O)(=O)N2CCCC2)ccc1Cl. The zero-order valence-corrected chi connectivity index (χ0v) is 17.2. The third-order valence-corrected chi connectivity index (χ3v) is 7.20. The number of carbonyl (C=O) groups excluding carboxylic acids is 1. The molecular formula is C19H29ClN2O3S. The van der Waals surface area contributed by atoms with Gasteiger partial charge in [0.15, 0.2) is 0 Å². The Kier molecular flexibility index (Phi) is 7.92. The van der Waals surface area contributed by atoms with Crippen LogP contribution in [0, 0.1) is 5.92 Å². The van der Waals surface area contributed by atoms with Crippen LogP contribution in [0.3, 0.4) is 0 Å². The summed E-state index contributed by atoms with van der Waals surface area (Å²) in [4.78, 5) is 12.7. The maximum atomic E-state index is 12.7. The zero-order chi connectivity index (χ0) is 19.2. The van der Waals surface area contributed by atoms with Crippen LogP contribution in [0.2, 0.25) is 5.02 Å². The summed E-state index contributed by atoms with van der Waals surface area (Å²) in [6.45, 7) is 5.90. The maximum absolute atomic E-state index is 12.7. The number of sulfonamides is 1. The third kappa shape index (κ3) is 5.21. The number of amides is 1. The van der Waals surface area contributed by atoms with Crippen LogP contribution in [0.1, 0.15) is 62.7 Å². The Morgan fingerprint density at radius 1 is 1.27 bits per heavy atom. The molecule has 7 heteroatoms. The number of halogens is 1. The molecule has 1 amide bonds. The van der Waals surface area contributed by atoms with Gasteiger partial charge in [0.05, 0.1) is 15.5 Å². The van der Waals surface area contributed by atoms with Gasteiger partial charge in [-0.25, -0.2) is 8.42 Å². The van der Waals surface area contributed by atoms with Crippen molar-refractivity contribution in [3.05, 3.63) is 28.8 Å². The first-order chi connectivity index (χ1) is 12.4. The molecule has 2 rings (SSSR count). The van der Waals surface area contributed by atoms with Gasteiger partial charge in [-0.05, 0) is 43.4 Å². The second-order valence-electron chi connectivity index (χ2n) is 6.88. The van der Waals surface area contributed by atoms with E-state index in [2.05, 4.69) is 19.2 Å². The first kappa shape index (κ1) is 21.2. The van der Waals surface area contributed by atoms with Crippen LogP contribution < -0.4 is 5.32 Å². The fraction of sp³-hybridized carbons (Fsp3) is 0.632. The molecular weight excluding hydrogens is 372 g/mol. The van der Waals surface area contributed by atoms with Gasteiger partial charge in [-0.15, -0.1) is 0 Å². The van der Waals surface area contributed by atoms with Crippen LogP contribution in [0.25, 0.3) is 0 Å². The molecule has 26 heavy (non-hydrogen) atoms. The second kappa shape index (κ2) is 9.72. The Morgan fingerprint density at radius 2 is 1.96 bits per heavy atom. The van der Waals surface area contributed by atoms with Gasteiger partial charge < -0.3 is 5.32 Å². The molecule has 0 saturated carbocycles. The molecule has 1 aromatic rings. The molecule has 1 aliphatic heterocycles. The zero-order valence-electron chi connectivity index (χ0n) is 15.6. The number of rotatable bonds is 9. The Bertz CT molecular complexity index is 715. The van der Waals surface area contributed by atoms with E-state index in [1.54, 1.807) is 0 Å². The van der Waals surface area contributed by atoms with Gasteiger partial charge in [0.25, 0.3) is 5.91 Å². The summed E-state index contributed by atoms with van der Waals surface area (Å²) in [5, 5.41) is 3.18. The summed E-state index contributed by atoms with van der Waals surface area (Å²) < 4.78 is 26.9. The van der Waals surface area contributed by atoms with Crippen LogP contribution in [-0.4, -0.2) is 38.3 Å². The first-order valence-corrected chi connectivity index (χ1v) is 11.3. The van der Waals surface area contributed by atoms with Gasteiger partial charge in [0.1, 0.15) is 0 Å². The van der Waals surface area contributed by atoms with E-state index in [0.717, 1.165) is 38.5 Å². The maximum Gasteiger partial charge on any atom is 0.252 e. The lowest BCUT2D eigenvalue weighted by atomic mass is 9.99. The number of carbonyl (C=O) groups is 1. The van der Waals surface area contributed by atoms with Crippen LogP contribution in [0.4, 0.5) is 0 Å². The number of nitrogens with one attached hydrogen (secondary N) is 1. The Labute approximate surface area is 162 Å². The Balaban J connectivity index is 2.12. The standard InChI is InChI=1S/C19H29ClN2O3S/c1-3-5-8-15(4-2)14-21-19(23)17-13-16(9-10-18(17)20)26(24,25)22-11-6-7-12-22/h9-10,13,15H,3-8,11-12,14H2,1-2H3,(H,21,23). The second-order valence-corrected chi connectivity index (χ2v) is 9.22. The lowest BCUT2D eigenvalue weighted by molar-refractivity contribution is 0.0945. The molecule has 0 aromatic heterocycles. The number of hydrogen-bond donors (Lipinski definition) is 1. The van der Waals surface area contributed by atoms with Crippen LogP contribution in [-0.2, 0) is 10.0 Å². The summed E-state index contributed by atoms with van der Waals surface area (Å²) >= 11 is 6.16. The van der Waals surface area contributed by atoms with Crippen molar-refractivity contribution < 1.29 is 13.2 Å². The van der Waals surface area contributed by atoms with Crippen molar-refractivity contribution in [3.63, 3.8) is 0 Å². The highest BCUT2D eigenvalue weighted by molar-refractivity contribution is 7.89. The van der Waals surface area contributed by atoms with Gasteiger partial charge in [-0.2, -0.15) is 4.31 Å². The molecule has 146 valence electrons. The average Bonchev–Trinajstić information content (AvgIpc) is 3.17. The largest absolute Gasteiger partial charge is 0.352 e. The van der Waals surface area contributed by atoms with Crippen LogP contribution in [0.15, 0.2) is 23.1 Å². The highest BCUT2D eigenvalue weighted by Crippen LogP contribution is 2.25. The highest BCUT2D eigenvalue weighted by Gasteiger charge is 2.28. The topological polar surface area (TPSA) is 66.5 Å².